The summed E-state index contributed by atoms with van der Waals surface area (Å²) in [4.78, 5) is 35.4. The molecule has 0 heterocycles. The van der Waals surface area contributed by atoms with E-state index in [2.05, 4.69) is 0 Å². The van der Waals surface area contributed by atoms with Crippen molar-refractivity contribution in [3.05, 3.63) is 39.9 Å². The summed E-state index contributed by atoms with van der Waals surface area (Å²) in [5, 5.41) is -0.816. The third kappa shape index (κ3) is 4.37. The molecule has 1 aromatic carbocycles. The molecule has 1 aromatic rings. The summed E-state index contributed by atoms with van der Waals surface area (Å²) in [6, 6.07) is 5.63. The summed E-state index contributed by atoms with van der Waals surface area (Å²) in [5.41, 5.74) is 0.232. The van der Waals surface area contributed by atoms with E-state index in [1.165, 1.54) is 24.3 Å². The molecule has 0 saturated heterocycles. The second-order valence-electron chi connectivity index (χ2n) is 3.14. The molecule has 0 saturated carbocycles. The average Bonchev–Trinajstić information content (AvgIpc) is 2.13. The third-order valence-corrected chi connectivity index (χ3v) is 5.03. The fourth-order valence-electron chi connectivity index (χ4n) is 1.05. The smallest absolute Gasteiger partial charge is 0.321 e. The molecule has 0 aliphatic rings. The van der Waals surface area contributed by atoms with Crippen LogP contribution in [-0.2, 0) is 9.13 Å². The Bertz CT molecular complexity index is 501. The molecule has 6 nitrogen and oxygen atoms in total. The quantitative estimate of drug-likeness (QED) is 0.634. The number of benzene rings is 1. The standard InChI is InChI=1S/C8H9ClO6P2/c9-7-3-1-6(2-4-7)5-8(16(10,11)12)17(13,14)15/h1-5H,(H2,10,11,12)(H2,13,14,15). The van der Waals surface area contributed by atoms with Crippen molar-refractivity contribution < 1.29 is 28.7 Å². The maximum Gasteiger partial charge on any atom is 0.364 e. The van der Waals surface area contributed by atoms with Gasteiger partial charge in [0.2, 0.25) is 0 Å². The summed E-state index contributed by atoms with van der Waals surface area (Å²) >= 11 is 5.60. The molecule has 0 fully saturated rings. The molecule has 0 spiro atoms. The molecule has 0 bridgehead atoms. The molecule has 0 radical (unpaired) electrons. The maximum absolute atomic E-state index is 11.0. The summed E-state index contributed by atoms with van der Waals surface area (Å²) in [6.45, 7) is 0. The van der Waals surface area contributed by atoms with Crippen molar-refractivity contribution in [2.45, 2.75) is 0 Å². The van der Waals surface area contributed by atoms with Crippen LogP contribution in [0.1, 0.15) is 5.56 Å². The molecule has 9 heteroatoms. The summed E-state index contributed by atoms with van der Waals surface area (Å²) in [6.07, 6.45) is 0.762. The van der Waals surface area contributed by atoms with Gasteiger partial charge in [-0.2, -0.15) is 0 Å². The Morgan fingerprint density at radius 2 is 1.41 bits per heavy atom. The van der Waals surface area contributed by atoms with E-state index in [-0.39, 0.29) is 5.56 Å². The lowest BCUT2D eigenvalue weighted by Gasteiger charge is -2.10. The van der Waals surface area contributed by atoms with Gasteiger partial charge in [-0.15, -0.1) is 0 Å². The van der Waals surface area contributed by atoms with Crippen LogP contribution in [0, 0.1) is 0 Å². The van der Waals surface area contributed by atoms with Crippen LogP contribution in [0.3, 0.4) is 0 Å². The third-order valence-electron chi connectivity index (χ3n) is 1.76. The largest absolute Gasteiger partial charge is 0.364 e. The monoisotopic (exact) mass is 298 g/mol. The van der Waals surface area contributed by atoms with Gasteiger partial charge < -0.3 is 19.6 Å². The Labute approximate surface area is 102 Å². The summed E-state index contributed by atoms with van der Waals surface area (Å²) in [5.74, 6) is 0. The van der Waals surface area contributed by atoms with E-state index in [0.717, 1.165) is 6.08 Å². The Balaban J connectivity index is 3.30. The number of hydrogen-bond donors (Lipinski definition) is 4. The first kappa shape index (κ1) is 14.6. The molecule has 0 aromatic heterocycles. The number of halogens is 1. The summed E-state index contributed by atoms with van der Waals surface area (Å²) in [7, 11) is -10.0. The Kier molecular flexibility index (Phi) is 4.33. The molecule has 4 N–H and O–H groups in total. The van der Waals surface area contributed by atoms with Crippen LogP contribution < -0.4 is 0 Å². The molecule has 0 unspecified atom stereocenters. The molecule has 1 rings (SSSR count). The Hall–Kier alpha value is -0.450. The lowest BCUT2D eigenvalue weighted by atomic mass is 10.2. The molecule has 0 amide bonds. The second-order valence-corrected chi connectivity index (χ2v) is 7.07. The van der Waals surface area contributed by atoms with E-state index >= 15 is 0 Å². The zero-order valence-corrected chi connectivity index (χ0v) is 10.8. The van der Waals surface area contributed by atoms with Gasteiger partial charge in [0.05, 0.1) is 0 Å². The van der Waals surface area contributed by atoms with Gasteiger partial charge in [-0.1, -0.05) is 23.7 Å². The highest BCUT2D eigenvalue weighted by molar-refractivity contribution is 7.77. The van der Waals surface area contributed by atoms with Crippen LogP contribution in [0.5, 0.6) is 0 Å². The van der Waals surface area contributed by atoms with E-state index in [0.29, 0.717) is 5.02 Å². The van der Waals surface area contributed by atoms with Crippen LogP contribution in [0.4, 0.5) is 0 Å². The zero-order valence-electron chi connectivity index (χ0n) is 8.26. The average molecular weight is 299 g/mol. The van der Waals surface area contributed by atoms with Crippen LogP contribution in [0.25, 0.3) is 6.08 Å². The van der Waals surface area contributed by atoms with Crippen LogP contribution in [0.2, 0.25) is 5.02 Å². The van der Waals surface area contributed by atoms with E-state index < -0.39 is 20.2 Å². The molecule has 0 aliphatic carbocycles. The van der Waals surface area contributed by atoms with E-state index in [9.17, 15) is 9.13 Å². The van der Waals surface area contributed by atoms with Crippen LogP contribution in [-0.4, -0.2) is 19.6 Å². The minimum Gasteiger partial charge on any atom is -0.321 e. The molecule has 0 atom stereocenters. The highest BCUT2D eigenvalue weighted by atomic mass is 35.5. The molecule has 17 heavy (non-hydrogen) atoms. The summed E-state index contributed by atoms with van der Waals surface area (Å²) < 4.78 is 21.9. The van der Waals surface area contributed by atoms with Gasteiger partial charge >= 0.3 is 15.2 Å². The van der Waals surface area contributed by atoms with Crippen molar-refractivity contribution in [3.8, 4) is 0 Å². The predicted molar refractivity (Wildman–Crippen MR) is 63.5 cm³/mol. The topological polar surface area (TPSA) is 115 Å². The normalized spacial score (nSPS) is 12.3. The van der Waals surface area contributed by atoms with Gasteiger partial charge in [0.1, 0.15) is 0 Å². The fraction of sp³-hybridized carbons (Fsp3) is 0. The Morgan fingerprint density at radius 3 is 1.76 bits per heavy atom. The van der Waals surface area contributed by atoms with Crippen molar-refractivity contribution >= 4 is 32.9 Å². The van der Waals surface area contributed by atoms with Gasteiger partial charge in [-0.25, -0.2) is 0 Å². The Morgan fingerprint density at radius 1 is 1.00 bits per heavy atom. The van der Waals surface area contributed by atoms with E-state index in [1.54, 1.807) is 0 Å². The highest BCUT2D eigenvalue weighted by Crippen LogP contribution is 2.64. The number of rotatable bonds is 3. The van der Waals surface area contributed by atoms with Crippen LogP contribution >= 0.6 is 26.8 Å². The molecular formula is C8H9ClO6P2. The maximum atomic E-state index is 11.0. The van der Waals surface area contributed by atoms with Crippen molar-refractivity contribution in [2.75, 3.05) is 0 Å². The minimum atomic E-state index is -5.01. The lowest BCUT2D eigenvalue weighted by molar-refractivity contribution is 0.368. The van der Waals surface area contributed by atoms with Crippen molar-refractivity contribution in [1.29, 1.82) is 0 Å². The first-order valence-electron chi connectivity index (χ1n) is 4.20. The first-order chi connectivity index (χ1) is 7.60. The fourth-order valence-corrected chi connectivity index (χ4v) is 3.16. The van der Waals surface area contributed by atoms with Gasteiger partial charge in [0.15, 0.2) is 5.06 Å². The van der Waals surface area contributed by atoms with Crippen molar-refractivity contribution in [1.82, 2.24) is 0 Å². The zero-order chi connectivity index (χ0) is 13.3. The highest BCUT2D eigenvalue weighted by Gasteiger charge is 2.35. The SMILES string of the molecule is O=P(O)(O)C(=Cc1ccc(Cl)cc1)P(=O)(O)O. The molecule has 94 valence electrons. The van der Waals surface area contributed by atoms with Crippen LogP contribution in [0.15, 0.2) is 29.3 Å². The number of hydrogen-bond acceptors (Lipinski definition) is 2. The first-order valence-corrected chi connectivity index (χ1v) is 7.80. The second kappa shape index (κ2) is 5.04. The van der Waals surface area contributed by atoms with Gasteiger partial charge in [-0.3, -0.25) is 9.13 Å². The van der Waals surface area contributed by atoms with E-state index in [1.807, 2.05) is 0 Å². The van der Waals surface area contributed by atoms with Crippen molar-refractivity contribution in [3.63, 3.8) is 0 Å². The van der Waals surface area contributed by atoms with E-state index in [4.69, 9.17) is 31.2 Å². The van der Waals surface area contributed by atoms with Gasteiger partial charge in [0.25, 0.3) is 0 Å². The minimum absolute atomic E-state index is 0.232. The van der Waals surface area contributed by atoms with Crippen molar-refractivity contribution in [2.24, 2.45) is 0 Å². The lowest BCUT2D eigenvalue weighted by Crippen LogP contribution is -1.88. The molecular weight excluding hydrogens is 289 g/mol. The molecule has 0 aliphatic heterocycles. The van der Waals surface area contributed by atoms with Gasteiger partial charge in [0, 0.05) is 5.02 Å². The van der Waals surface area contributed by atoms with Gasteiger partial charge in [-0.05, 0) is 23.8 Å². The predicted octanol–water partition coefficient (Wildman–Crippen LogP) is 1.99.